The molecule has 1 amide bonds. The third-order valence-electron chi connectivity index (χ3n) is 6.48. The minimum atomic E-state index is -2.35. The van der Waals surface area contributed by atoms with Gasteiger partial charge in [-0.15, -0.1) is 0 Å². The minimum absolute atomic E-state index is 0.124. The molecule has 3 aromatic carbocycles. The van der Waals surface area contributed by atoms with E-state index in [4.69, 9.17) is 16.0 Å². The van der Waals surface area contributed by atoms with Gasteiger partial charge in [-0.3, -0.25) is 13.7 Å². The molecule has 0 aliphatic heterocycles. The summed E-state index contributed by atoms with van der Waals surface area (Å²) in [7, 11) is 1.53. The molecule has 9 heteroatoms. The molecule has 1 aliphatic carbocycles. The molecule has 190 valence electrons. The first-order chi connectivity index (χ1) is 17.8. The van der Waals surface area contributed by atoms with E-state index in [1.54, 1.807) is 30.3 Å². The fourth-order valence-electron chi connectivity index (χ4n) is 4.47. The van der Waals surface area contributed by atoms with Gasteiger partial charge in [0.25, 0.3) is 17.2 Å². The number of nitrogens with one attached hydrogen (secondary N) is 1. The van der Waals surface area contributed by atoms with Crippen LogP contribution in [0.1, 0.15) is 45.8 Å². The quantitative estimate of drug-likeness (QED) is 0.239. The minimum Gasteiger partial charge on any atom is -0.455 e. The van der Waals surface area contributed by atoms with Crippen molar-refractivity contribution in [1.82, 2.24) is 5.32 Å². The molecule has 1 unspecified atom stereocenters. The Bertz CT molecular complexity index is 1550. The molecule has 1 atom stereocenters. The zero-order valence-electron chi connectivity index (χ0n) is 20.0. The summed E-state index contributed by atoms with van der Waals surface area (Å²) in [6.45, 7) is 3.86. The second-order valence-corrected chi connectivity index (χ2v) is 10.2. The Kier molecular flexibility index (Phi) is 6.90. The van der Waals surface area contributed by atoms with Crippen LogP contribution < -0.4 is 9.62 Å². The molecule has 1 heterocycles. The number of amides is 1. The molecule has 0 spiro atoms. The monoisotopic (exact) mass is 538 g/mol. The number of halogens is 2. The van der Waals surface area contributed by atoms with Crippen molar-refractivity contribution in [2.75, 3.05) is 11.4 Å². The molecule has 0 bridgehead atoms. The van der Waals surface area contributed by atoms with Crippen molar-refractivity contribution < 1.29 is 22.4 Å². The van der Waals surface area contributed by atoms with E-state index in [1.165, 1.54) is 23.5 Å². The van der Waals surface area contributed by atoms with E-state index in [0.29, 0.717) is 38.6 Å². The van der Waals surface area contributed by atoms with Crippen LogP contribution in [0.2, 0.25) is 5.02 Å². The predicted molar refractivity (Wildman–Crippen MR) is 145 cm³/mol. The van der Waals surface area contributed by atoms with Crippen molar-refractivity contribution >= 4 is 51.5 Å². The Hall–Kier alpha value is -3.46. The van der Waals surface area contributed by atoms with E-state index < -0.39 is 17.1 Å². The van der Waals surface area contributed by atoms with Crippen LogP contribution >= 0.6 is 11.6 Å². The van der Waals surface area contributed by atoms with Crippen LogP contribution in [0, 0.1) is 5.82 Å². The van der Waals surface area contributed by atoms with Gasteiger partial charge in [0.15, 0.2) is 0 Å². The summed E-state index contributed by atoms with van der Waals surface area (Å²) in [6.07, 6.45) is 3.51. The van der Waals surface area contributed by atoms with Crippen molar-refractivity contribution in [2.45, 2.75) is 25.3 Å². The van der Waals surface area contributed by atoms with E-state index in [-0.39, 0.29) is 18.4 Å². The number of fused-ring (bicyclic) bond motifs is 1. The summed E-state index contributed by atoms with van der Waals surface area (Å²) in [6, 6.07) is 14.7. The third kappa shape index (κ3) is 4.92. The maximum atomic E-state index is 13.6. The van der Waals surface area contributed by atoms with Crippen molar-refractivity contribution in [3.8, 4) is 11.3 Å². The van der Waals surface area contributed by atoms with Crippen LogP contribution in [-0.2, 0) is 17.8 Å². The van der Waals surface area contributed by atoms with Gasteiger partial charge in [-0.2, -0.15) is 0 Å². The molecular formula is C28H24ClFN2O4S. The Morgan fingerprint density at radius 2 is 1.97 bits per heavy atom. The number of furan rings is 1. The lowest BCUT2D eigenvalue weighted by Gasteiger charge is -2.23. The van der Waals surface area contributed by atoms with E-state index in [0.717, 1.165) is 29.5 Å². The highest BCUT2D eigenvalue weighted by atomic mass is 35.5. The highest BCUT2D eigenvalue weighted by Gasteiger charge is 2.32. The summed E-state index contributed by atoms with van der Waals surface area (Å²) in [5.74, 6) is -0.246. The summed E-state index contributed by atoms with van der Waals surface area (Å²) < 4.78 is 44.0. The summed E-state index contributed by atoms with van der Waals surface area (Å²) >= 11 is 3.98. The number of carbonyl (C=O) groups excluding carboxylic acids is 1. The number of anilines is 1. The summed E-state index contributed by atoms with van der Waals surface area (Å²) in [5, 5.41) is 3.75. The highest BCUT2D eigenvalue weighted by molar-refractivity contribution is 7.80. The van der Waals surface area contributed by atoms with Crippen LogP contribution in [0.4, 0.5) is 10.1 Å². The Morgan fingerprint density at radius 1 is 1.24 bits per heavy atom. The van der Waals surface area contributed by atoms with Crippen LogP contribution in [0.5, 0.6) is 0 Å². The van der Waals surface area contributed by atoms with Crippen molar-refractivity contribution in [3.05, 3.63) is 94.3 Å². The van der Waals surface area contributed by atoms with Crippen molar-refractivity contribution in [2.24, 2.45) is 0 Å². The SMILES string of the molecule is C=Cc1ccc(CN(c2cc3oc(-c4ccc(F)cc4)c(C(=O)NC)c3cc2C2CC2)S(=O)O)cc1Cl. The Morgan fingerprint density at radius 3 is 2.57 bits per heavy atom. The number of carbonyl (C=O) groups is 1. The summed E-state index contributed by atoms with van der Waals surface area (Å²) in [4.78, 5) is 12.9. The first-order valence-corrected chi connectivity index (χ1v) is 13.1. The molecular weight excluding hydrogens is 515 g/mol. The molecule has 37 heavy (non-hydrogen) atoms. The number of benzene rings is 3. The fraction of sp³-hybridized carbons (Fsp3) is 0.179. The second kappa shape index (κ2) is 10.1. The van der Waals surface area contributed by atoms with Crippen LogP contribution in [0.3, 0.4) is 0 Å². The van der Waals surface area contributed by atoms with Gasteiger partial charge in [0, 0.05) is 29.1 Å². The average molecular weight is 539 g/mol. The van der Waals surface area contributed by atoms with Gasteiger partial charge in [0.2, 0.25) is 0 Å². The van der Waals surface area contributed by atoms with Gasteiger partial charge in [-0.25, -0.2) is 8.60 Å². The van der Waals surface area contributed by atoms with E-state index in [2.05, 4.69) is 11.9 Å². The first kappa shape index (κ1) is 25.2. The molecule has 0 radical (unpaired) electrons. The van der Waals surface area contributed by atoms with Gasteiger partial charge >= 0.3 is 0 Å². The normalized spacial score (nSPS) is 13.9. The van der Waals surface area contributed by atoms with E-state index in [9.17, 15) is 17.9 Å². The van der Waals surface area contributed by atoms with E-state index >= 15 is 0 Å². The van der Waals surface area contributed by atoms with Gasteiger partial charge < -0.3 is 9.73 Å². The molecule has 0 saturated heterocycles. The lowest BCUT2D eigenvalue weighted by Crippen LogP contribution is -2.25. The number of nitrogens with zero attached hydrogens (tertiary/aromatic N) is 1. The number of hydrogen-bond acceptors (Lipinski definition) is 3. The van der Waals surface area contributed by atoms with E-state index in [1.807, 2.05) is 18.2 Å². The molecule has 1 saturated carbocycles. The second-order valence-electron chi connectivity index (χ2n) is 8.90. The van der Waals surface area contributed by atoms with Crippen LogP contribution in [-0.4, -0.2) is 21.7 Å². The lowest BCUT2D eigenvalue weighted by atomic mass is 10.00. The molecule has 2 N–H and O–H groups in total. The van der Waals surface area contributed by atoms with Crippen molar-refractivity contribution in [1.29, 1.82) is 0 Å². The first-order valence-electron chi connectivity index (χ1n) is 11.7. The highest BCUT2D eigenvalue weighted by Crippen LogP contribution is 2.48. The Balaban J connectivity index is 1.67. The topological polar surface area (TPSA) is 82.8 Å². The number of hydrogen-bond donors (Lipinski definition) is 2. The molecule has 1 fully saturated rings. The average Bonchev–Trinajstić information content (AvgIpc) is 3.67. The predicted octanol–water partition coefficient (Wildman–Crippen LogP) is 6.92. The molecule has 5 rings (SSSR count). The lowest BCUT2D eigenvalue weighted by molar-refractivity contribution is 0.0964. The van der Waals surface area contributed by atoms with Crippen LogP contribution in [0.25, 0.3) is 28.4 Å². The maximum absolute atomic E-state index is 13.6. The Labute approximate surface area is 221 Å². The largest absolute Gasteiger partial charge is 0.455 e. The standard InChI is InChI=1S/C28H24ClFN2O4S/c1-3-17-5-4-16(12-23(17)29)15-32(37(34)35)24-14-25-22(13-21(24)18-6-7-18)26(28(33)31-2)27(36-25)19-8-10-20(30)11-9-19/h3-5,8-14,18H,1,6-7,15H2,2H3,(H,31,33)(H,34,35). The molecule has 1 aliphatic rings. The van der Waals surface area contributed by atoms with Crippen molar-refractivity contribution in [3.63, 3.8) is 0 Å². The zero-order valence-corrected chi connectivity index (χ0v) is 21.5. The van der Waals surface area contributed by atoms with Gasteiger partial charge in [-0.05, 0) is 71.8 Å². The zero-order chi connectivity index (χ0) is 26.3. The van der Waals surface area contributed by atoms with Gasteiger partial charge in [-0.1, -0.05) is 36.4 Å². The third-order valence-corrected chi connectivity index (χ3v) is 7.51. The van der Waals surface area contributed by atoms with Crippen LogP contribution in [0.15, 0.2) is 65.6 Å². The molecule has 4 aromatic rings. The molecule has 6 nitrogen and oxygen atoms in total. The number of rotatable bonds is 8. The maximum Gasteiger partial charge on any atom is 0.262 e. The molecule has 1 aromatic heterocycles. The van der Waals surface area contributed by atoms with Gasteiger partial charge in [0.05, 0.1) is 17.8 Å². The van der Waals surface area contributed by atoms with Gasteiger partial charge in [0.1, 0.15) is 17.2 Å². The summed E-state index contributed by atoms with van der Waals surface area (Å²) in [5.41, 5.74) is 4.19. The fourth-order valence-corrected chi connectivity index (χ4v) is 5.33. The smallest absolute Gasteiger partial charge is 0.262 e.